The zero-order chi connectivity index (χ0) is 15.1. The first-order chi connectivity index (χ1) is 9.45. The van der Waals surface area contributed by atoms with Gasteiger partial charge in [-0.2, -0.15) is 0 Å². The van der Waals surface area contributed by atoms with Gasteiger partial charge in [0.25, 0.3) is 5.91 Å². The SMILES string of the molecule is C=CC[C@@H](NC(=O)c1ccccc1NC(C)=O)C(=O)O. The second-order valence-corrected chi connectivity index (χ2v) is 4.12. The fraction of sp³-hybridized carbons (Fsp3) is 0.214. The zero-order valence-corrected chi connectivity index (χ0v) is 11.1. The molecule has 0 unspecified atom stereocenters. The molecule has 6 heteroatoms. The van der Waals surface area contributed by atoms with Gasteiger partial charge in [-0.25, -0.2) is 4.79 Å². The van der Waals surface area contributed by atoms with Crippen LogP contribution >= 0.6 is 0 Å². The van der Waals surface area contributed by atoms with Gasteiger partial charge in [0.1, 0.15) is 6.04 Å². The summed E-state index contributed by atoms with van der Waals surface area (Å²) in [5.41, 5.74) is 0.540. The topological polar surface area (TPSA) is 95.5 Å². The highest BCUT2D eigenvalue weighted by Gasteiger charge is 2.20. The lowest BCUT2D eigenvalue weighted by atomic mass is 10.1. The Morgan fingerprint density at radius 1 is 1.35 bits per heavy atom. The second kappa shape index (κ2) is 7.08. The summed E-state index contributed by atoms with van der Waals surface area (Å²) < 4.78 is 0. The molecule has 3 N–H and O–H groups in total. The average Bonchev–Trinajstić information content (AvgIpc) is 2.37. The number of para-hydroxylation sites is 1. The third-order valence-electron chi connectivity index (χ3n) is 2.49. The van der Waals surface area contributed by atoms with Crippen molar-refractivity contribution in [2.45, 2.75) is 19.4 Å². The van der Waals surface area contributed by atoms with Crippen molar-refractivity contribution in [3.05, 3.63) is 42.5 Å². The largest absolute Gasteiger partial charge is 0.480 e. The Kier molecular flexibility index (Phi) is 5.46. The van der Waals surface area contributed by atoms with Crippen molar-refractivity contribution < 1.29 is 19.5 Å². The highest BCUT2D eigenvalue weighted by atomic mass is 16.4. The van der Waals surface area contributed by atoms with Gasteiger partial charge in [0.2, 0.25) is 5.91 Å². The first kappa shape index (κ1) is 15.4. The molecule has 0 aliphatic rings. The Bertz CT molecular complexity index is 540. The van der Waals surface area contributed by atoms with Gasteiger partial charge in [-0.1, -0.05) is 18.2 Å². The first-order valence-electron chi connectivity index (χ1n) is 5.97. The quantitative estimate of drug-likeness (QED) is 0.684. The highest BCUT2D eigenvalue weighted by Crippen LogP contribution is 2.15. The molecule has 6 nitrogen and oxygen atoms in total. The van der Waals surface area contributed by atoms with Crippen LogP contribution in [0.15, 0.2) is 36.9 Å². The van der Waals surface area contributed by atoms with Gasteiger partial charge < -0.3 is 15.7 Å². The van der Waals surface area contributed by atoms with Crippen LogP contribution in [0.3, 0.4) is 0 Å². The van der Waals surface area contributed by atoms with E-state index in [-0.39, 0.29) is 17.9 Å². The summed E-state index contributed by atoms with van der Waals surface area (Å²) >= 11 is 0. The molecule has 1 rings (SSSR count). The molecule has 0 radical (unpaired) electrons. The number of aliphatic carboxylic acids is 1. The number of carboxylic acid groups (broad SMARTS) is 1. The molecule has 0 aliphatic carbocycles. The zero-order valence-electron chi connectivity index (χ0n) is 11.1. The summed E-state index contributed by atoms with van der Waals surface area (Å²) in [4.78, 5) is 34.1. The maximum atomic E-state index is 12.1. The summed E-state index contributed by atoms with van der Waals surface area (Å²) in [6.45, 7) is 4.77. The van der Waals surface area contributed by atoms with Gasteiger partial charge in [-0.15, -0.1) is 6.58 Å². The summed E-state index contributed by atoms with van der Waals surface area (Å²) in [7, 11) is 0. The molecule has 1 aromatic carbocycles. The minimum absolute atomic E-state index is 0.114. The summed E-state index contributed by atoms with van der Waals surface area (Å²) in [6.07, 6.45) is 1.53. The monoisotopic (exact) mass is 276 g/mol. The van der Waals surface area contributed by atoms with E-state index in [0.29, 0.717) is 5.69 Å². The van der Waals surface area contributed by atoms with Gasteiger partial charge in [-0.05, 0) is 18.6 Å². The van der Waals surface area contributed by atoms with Crippen LogP contribution in [0.1, 0.15) is 23.7 Å². The van der Waals surface area contributed by atoms with E-state index in [4.69, 9.17) is 5.11 Å². The third kappa shape index (κ3) is 4.24. The molecule has 2 amide bonds. The molecule has 106 valence electrons. The molecule has 20 heavy (non-hydrogen) atoms. The number of carboxylic acids is 1. The molecule has 1 atom stereocenters. The lowest BCUT2D eigenvalue weighted by Gasteiger charge is -2.14. The Balaban J connectivity index is 2.93. The maximum Gasteiger partial charge on any atom is 0.326 e. The number of carbonyl (C=O) groups is 3. The van der Waals surface area contributed by atoms with Crippen molar-refractivity contribution >= 4 is 23.5 Å². The number of nitrogens with one attached hydrogen (secondary N) is 2. The number of rotatable bonds is 6. The predicted octanol–water partition coefficient (Wildman–Crippen LogP) is 1.40. The number of amides is 2. The molecule has 0 saturated carbocycles. The van der Waals surface area contributed by atoms with Gasteiger partial charge in [0.15, 0.2) is 0 Å². The van der Waals surface area contributed by atoms with Crippen LogP contribution in [0.5, 0.6) is 0 Å². The fourth-order valence-corrected chi connectivity index (χ4v) is 1.60. The van der Waals surface area contributed by atoms with E-state index in [1.807, 2.05) is 0 Å². The number of anilines is 1. The van der Waals surface area contributed by atoms with E-state index in [2.05, 4.69) is 17.2 Å². The number of benzene rings is 1. The van der Waals surface area contributed by atoms with Gasteiger partial charge in [-0.3, -0.25) is 9.59 Å². The predicted molar refractivity (Wildman–Crippen MR) is 74.4 cm³/mol. The Hall–Kier alpha value is -2.63. The third-order valence-corrected chi connectivity index (χ3v) is 2.49. The van der Waals surface area contributed by atoms with Gasteiger partial charge in [0, 0.05) is 6.92 Å². The summed E-state index contributed by atoms with van der Waals surface area (Å²) in [5, 5.41) is 13.9. The first-order valence-corrected chi connectivity index (χ1v) is 5.97. The molecule has 0 spiro atoms. The van der Waals surface area contributed by atoms with E-state index in [1.165, 1.54) is 19.1 Å². The fourth-order valence-electron chi connectivity index (χ4n) is 1.60. The summed E-state index contributed by atoms with van der Waals surface area (Å²) in [5.74, 6) is -2.02. The van der Waals surface area contributed by atoms with E-state index >= 15 is 0 Å². The van der Waals surface area contributed by atoms with Crippen LogP contribution in [-0.4, -0.2) is 28.9 Å². The van der Waals surface area contributed by atoms with Crippen LogP contribution in [0.2, 0.25) is 0 Å². The van der Waals surface area contributed by atoms with Crippen LogP contribution in [0.4, 0.5) is 5.69 Å². The lowest BCUT2D eigenvalue weighted by Crippen LogP contribution is -2.40. The van der Waals surface area contributed by atoms with Crippen LogP contribution in [0.25, 0.3) is 0 Å². The van der Waals surface area contributed by atoms with Crippen molar-refractivity contribution in [2.24, 2.45) is 0 Å². The highest BCUT2D eigenvalue weighted by molar-refractivity contribution is 6.04. The minimum Gasteiger partial charge on any atom is -0.480 e. The maximum absolute atomic E-state index is 12.1. The molecule has 1 aromatic rings. The molecular formula is C14H16N2O4. The van der Waals surface area contributed by atoms with E-state index < -0.39 is 17.9 Å². The van der Waals surface area contributed by atoms with Crippen molar-refractivity contribution in [2.75, 3.05) is 5.32 Å². The van der Waals surface area contributed by atoms with E-state index in [9.17, 15) is 14.4 Å². The van der Waals surface area contributed by atoms with Crippen LogP contribution in [0, 0.1) is 0 Å². The number of carbonyl (C=O) groups excluding carboxylic acids is 2. The van der Waals surface area contributed by atoms with Crippen molar-refractivity contribution in [1.82, 2.24) is 5.32 Å². The Morgan fingerprint density at radius 3 is 2.55 bits per heavy atom. The van der Waals surface area contributed by atoms with Crippen LogP contribution in [-0.2, 0) is 9.59 Å². The molecular weight excluding hydrogens is 260 g/mol. The molecule has 0 aliphatic heterocycles. The number of hydrogen-bond donors (Lipinski definition) is 3. The van der Waals surface area contributed by atoms with Gasteiger partial charge in [0.05, 0.1) is 11.3 Å². The molecule has 0 bridgehead atoms. The standard InChI is InChI=1S/C14H16N2O4/c1-3-6-12(14(19)20)16-13(18)10-7-4-5-8-11(10)15-9(2)17/h3-5,7-8,12H,1,6H2,2H3,(H,15,17)(H,16,18)(H,19,20)/t12-/m1/s1. The Labute approximate surface area is 116 Å². The molecule has 0 saturated heterocycles. The average molecular weight is 276 g/mol. The van der Waals surface area contributed by atoms with Gasteiger partial charge >= 0.3 is 5.97 Å². The molecule has 0 aromatic heterocycles. The number of hydrogen-bond acceptors (Lipinski definition) is 3. The van der Waals surface area contributed by atoms with Crippen LogP contribution < -0.4 is 10.6 Å². The minimum atomic E-state index is -1.14. The molecule has 0 fully saturated rings. The second-order valence-electron chi connectivity index (χ2n) is 4.12. The van der Waals surface area contributed by atoms with E-state index in [1.54, 1.807) is 18.2 Å². The smallest absolute Gasteiger partial charge is 0.326 e. The van der Waals surface area contributed by atoms with Crippen molar-refractivity contribution in [3.63, 3.8) is 0 Å². The molecule has 0 heterocycles. The van der Waals surface area contributed by atoms with E-state index in [0.717, 1.165) is 0 Å². The Morgan fingerprint density at radius 2 is 2.00 bits per heavy atom. The normalized spacial score (nSPS) is 11.2. The van der Waals surface area contributed by atoms with Crippen molar-refractivity contribution in [1.29, 1.82) is 0 Å². The summed E-state index contributed by atoms with van der Waals surface area (Å²) in [6, 6.07) is 5.32. The lowest BCUT2D eigenvalue weighted by molar-refractivity contribution is -0.139. The van der Waals surface area contributed by atoms with Crippen molar-refractivity contribution in [3.8, 4) is 0 Å².